The van der Waals surface area contributed by atoms with Crippen molar-refractivity contribution in [3.05, 3.63) is 41.7 Å². The number of aromatic amines is 1. The molecule has 3 N–H and O–H groups in total. The molecule has 1 heterocycles. The minimum atomic E-state index is -0.249. The van der Waals surface area contributed by atoms with Gasteiger partial charge in [0.2, 0.25) is 0 Å². The van der Waals surface area contributed by atoms with Crippen LogP contribution in [0.5, 0.6) is 0 Å². The number of nitrogens with one attached hydrogen (secondary N) is 3. The summed E-state index contributed by atoms with van der Waals surface area (Å²) >= 11 is 0. The lowest BCUT2D eigenvalue weighted by molar-refractivity contribution is 0.251. The van der Waals surface area contributed by atoms with Gasteiger partial charge in [-0.25, -0.2) is 4.79 Å². The first-order valence-electron chi connectivity index (χ1n) is 6.37. The zero-order valence-corrected chi connectivity index (χ0v) is 11.9. The molecule has 0 radical (unpaired) electrons. The smallest absolute Gasteiger partial charge is 0.319 e. The standard InChI is InChI=1S/C14H19N5O/c1-10-6-11(4-5-13(10)19(2)3)7-15-14(20)18-12-8-16-17-9-12/h4-6,8-9H,7H2,1-3H3,(H,16,17)(H2,15,18,20). The molecule has 2 aromatic rings. The van der Waals surface area contributed by atoms with E-state index in [4.69, 9.17) is 0 Å². The third-order valence-corrected chi connectivity index (χ3v) is 2.95. The molecule has 2 rings (SSSR count). The minimum Gasteiger partial charge on any atom is -0.377 e. The summed E-state index contributed by atoms with van der Waals surface area (Å²) in [4.78, 5) is 13.7. The molecule has 0 aliphatic heterocycles. The molecule has 0 unspecified atom stereocenters. The molecular weight excluding hydrogens is 254 g/mol. The number of nitrogens with zero attached hydrogens (tertiary/aromatic N) is 2. The van der Waals surface area contributed by atoms with Crippen molar-refractivity contribution in [1.29, 1.82) is 0 Å². The van der Waals surface area contributed by atoms with Crippen LogP contribution in [-0.4, -0.2) is 30.3 Å². The molecule has 0 aliphatic carbocycles. The molecule has 0 saturated carbocycles. The minimum absolute atomic E-state index is 0.249. The lowest BCUT2D eigenvalue weighted by Crippen LogP contribution is -2.28. The number of hydrogen-bond acceptors (Lipinski definition) is 3. The third kappa shape index (κ3) is 3.50. The predicted octanol–water partition coefficient (Wildman–Crippen LogP) is 2.11. The summed E-state index contributed by atoms with van der Waals surface area (Å²) in [5, 5.41) is 11.9. The normalized spacial score (nSPS) is 10.2. The average molecular weight is 273 g/mol. The topological polar surface area (TPSA) is 73.0 Å². The summed E-state index contributed by atoms with van der Waals surface area (Å²) in [7, 11) is 4.03. The average Bonchev–Trinajstić information content (AvgIpc) is 2.89. The highest BCUT2D eigenvalue weighted by Crippen LogP contribution is 2.18. The van der Waals surface area contributed by atoms with E-state index in [1.54, 1.807) is 12.4 Å². The number of anilines is 2. The number of aryl methyl sites for hydroxylation is 1. The van der Waals surface area contributed by atoms with Gasteiger partial charge in [0, 0.05) is 32.5 Å². The van der Waals surface area contributed by atoms with Crippen LogP contribution < -0.4 is 15.5 Å². The Morgan fingerprint density at radius 3 is 2.80 bits per heavy atom. The first-order valence-corrected chi connectivity index (χ1v) is 6.37. The fraction of sp³-hybridized carbons (Fsp3) is 0.286. The maximum Gasteiger partial charge on any atom is 0.319 e. The van der Waals surface area contributed by atoms with Gasteiger partial charge in [-0.2, -0.15) is 5.10 Å². The highest BCUT2D eigenvalue weighted by atomic mass is 16.2. The number of amides is 2. The van der Waals surface area contributed by atoms with Gasteiger partial charge in [0.1, 0.15) is 0 Å². The van der Waals surface area contributed by atoms with E-state index >= 15 is 0 Å². The van der Waals surface area contributed by atoms with Crippen molar-refractivity contribution in [2.75, 3.05) is 24.3 Å². The van der Waals surface area contributed by atoms with Crippen LogP contribution in [0.4, 0.5) is 16.2 Å². The Morgan fingerprint density at radius 2 is 2.20 bits per heavy atom. The fourth-order valence-corrected chi connectivity index (χ4v) is 2.01. The molecule has 0 saturated heterocycles. The molecule has 6 heteroatoms. The van der Waals surface area contributed by atoms with Gasteiger partial charge >= 0.3 is 6.03 Å². The third-order valence-electron chi connectivity index (χ3n) is 2.95. The zero-order chi connectivity index (χ0) is 14.5. The van der Waals surface area contributed by atoms with Crippen LogP contribution in [0.15, 0.2) is 30.6 Å². The van der Waals surface area contributed by atoms with E-state index in [0.29, 0.717) is 12.2 Å². The van der Waals surface area contributed by atoms with Gasteiger partial charge in [-0.05, 0) is 24.1 Å². The largest absolute Gasteiger partial charge is 0.377 e. The molecule has 0 fully saturated rings. The summed E-state index contributed by atoms with van der Waals surface area (Å²) in [6.45, 7) is 2.54. The molecule has 0 atom stereocenters. The molecule has 1 aromatic heterocycles. The second kappa shape index (κ2) is 6.10. The van der Waals surface area contributed by atoms with E-state index < -0.39 is 0 Å². The van der Waals surface area contributed by atoms with Crippen LogP contribution >= 0.6 is 0 Å². The van der Waals surface area contributed by atoms with Crippen molar-refractivity contribution in [3.63, 3.8) is 0 Å². The summed E-state index contributed by atoms with van der Waals surface area (Å²) < 4.78 is 0. The molecule has 1 aromatic carbocycles. The molecule has 20 heavy (non-hydrogen) atoms. The summed E-state index contributed by atoms with van der Waals surface area (Å²) in [6, 6.07) is 5.90. The highest BCUT2D eigenvalue weighted by molar-refractivity contribution is 5.88. The van der Waals surface area contributed by atoms with Gasteiger partial charge in [0.25, 0.3) is 0 Å². The molecule has 2 amide bonds. The molecule has 106 valence electrons. The summed E-state index contributed by atoms with van der Waals surface area (Å²) in [5.41, 5.74) is 4.07. The van der Waals surface area contributed by atoms with E-state index in [9.17, 15) is 4.79 Å². The maximum absolute atomic E-state index is 11.7. The Hall–Kier alpha value is -2.50. The van der Waals surface area contributed by atoms with Crippen molar-refractivity contribution in [2.24, 2.45) is 0 Å². The Bertz CT molecular complexity index is 577. The first kappa shape index (κ1) is 13.9. The van der Waals surface area contributed by atoms with Crippen molar-refractivity contribution in [1.82, 2.24) is 15.5 Å². The van der Waals surface area contributed by atoms with E-state index in [2.05, 4.69) is 44.8 Å². The van der Waals surface area contributed by atoms with Crippen LogP contribution in [0.1, 0.15) is 11.1 Å². The first-order chi connectivity index (χ1) is 9.56. The highest BCUT2D eigenvalue weighted by Gasteiger charge is 2.05. The van der Waals surface area contributed by atoms with Crippen molar-refractivity contribution < 1.29 is 4.79 Å². The van der Waals surface area contributed by atoms with Crippen molar-refractivity contribution in [3.8, 4) is 0 Å². The van der Waals surface area contributed by atoms with Gasteiger partial charge < -0.3 is 15.5 Å². The van der Waals surface area contributed by atoms with Crippen LogP contribution in [0.25, 0.3) is 0 Å². The lowest BCUT2D eigenvalue weighted by atomic mass is 10.1. The maximum atomic E-state index is 11.7. The number of benzene rings is 1. The van der Waals surface area contributed by atoms with Gasteiger partial charge in [-0.3, -0.25) is 5.10 Å². The monoisotopic (exact) mass is 273 g/mol. The second-order valence-corrected chi connectivity index (χ2v) is 4.81. The SMILES string of the molecule is Cc1cc(CNC(=O)Nc2cn[nH]c2)ccc1N(C)C. The van der Waals surface area contributed by atoms with E-state index in [-0.39, 0.29) is 6.03 Å². The van der Waals surface area contributed by atoms with Crippen molar-refractivity contribution >= 4 is 17.4 Å². The lowest BCUT2D eigenvalue weighted by Gasteiger charge is -2.16. The molecule has 6 nitrogen and oxygen atoms in total. The summed E-state index contributed by atoms with van der Waals surface area (Å²) in [6.07, 6.45) is 3.17. The number of carbonyl (C=O) groups excluding carboxylic acids is 1. The van der Waals surface area contributed by atoms with E-state index in [1.165, 1.54) is 11.3 Å². The number of urea groups is 1. The molecular formula is C14H19N5O. The molecule has 0 bridgehead atoms. The molecule has 0 aliphatic rings. The Balaban J connectivity index is 1.91. The van der Waals surface area contributed by atoms with Gasteiger partial charge in [0.15, 0.2) is 0 Å². The van der Waals surface area contributed by atoms with E-state index in [0.717, 1.165) is 5.56 Å². The van der Waals surface area contributed by atoms with Gasteiger partial charge in [-0.1, -0.05) is 12.1 Å². The van der Waals surface area contributed by atoms with Crippen LogP contribution in [0.2, 0.25) is 0 Å². The van der Waals surface area contributed by atoms with Crippen molar-refractivity contribution in [2.45, 2.75) is 13.5 Å². The quantitative estimate of drug-likeness (QED) is 0.798. The van der Waals surface area contributed by atoms with Gasteiger partial charge in [0.05, 0.1) is 11.9 Å². The van der Waals surface area contributed by atoms with E-state index in [1.807, 2.05) is 20.2 Å². The number of hydrogen-bond donors (Lipinski definition) is 3. The Labute approximate surface area is 118 Å². The van der Waals surface area contributed by atoms with Crippen LogP contribution in [0, 0.1) is 6.92 Å². The number of H-pyrrole nitrogens is 1. The fourth-order valence-electron chi connectivity index (χ4n) is 2.01. The molecule has 0 spiro atoms. The number of rotatable bonds is 4. The number of carbonyl (C=O) groups is 1. The summed E-state index contributed by atoms with van der Waals surface area (Å²) in [5.74, 6) is 0. The second-order valence-electron chi connectivity index (χ2n) is 4.81. The Kier molecular flexibility index (Phi) is 4.24. The van der Waals surface area contributed by atoms with Gasteiger partial charge in [-0.15, -0.1) is 0 Å². The van der Waals surface area contributed by atoms with Crippen LogP contribution in [0.3, 0.4) is 0 Å². The van der Waals surface area contributed by atoms with Crippen LogP contribution in [-0.2, 0) is 6.54 Å². The zero-order valence-electron chi connectivity index (χ0n) is 11.9. The predicted molar refractivity (Wildman–Crippen MR) is 80.0 cm³/mol. The number of aromatic nitrogens is 2. The Morgan fingerprint density at radius 1 is 1.40 bits per heavy atom.